The second-order valence-corrected chi connectivity index (χ2v) is 4.85. The number of hydrogen-bond donors (Lipinski definition) is 1. The molecule has 0 bridgehead atoms. The second kappa shape index (κ2) is 5.46. The van der Waals surface area contributed by atoms with Crippen LogP contribution in [-0.4, -0.2) is 23.6 Å². The van der Waals surface area contributed by atoms with E-state index in [0.717, 1.165) is 10.8 Å². The molecule has 0 aliphatic rings. The Morgan fingerprint density at radius 1 is 1.56 bits per heavy atom. The Hall–Kier alpha value is -0.870. The zero-order valence-corrected chi connectivity index (χ0v) is 11.0. The van der Waals surface area contributed by atoms with E-state index >= 15 is 0 Å². The lowest BCUT2D eigenvalue weighted by molar-refractivity contribution is 0.00826. The molecule has 1 aromatic carbocycles. The van der Waals surface area contributed by atoms with Crippen LogP contribution in [0.25, 0.3) is 0 Å². The zero-order valence-electron chi connectivity index (χ0n) is 9.37. The van der Waals surface area contributed by atoms with Gasteiger partial charge in [0.05, 0.1) is 11.2 Å². The largest absolute Gasteiger partial charge is 0.490 e. The predicted molar refractivity (Wildman–Crippen MR) is 65.9 cm³/mol. The standard InChI is InChI=1S/C12H15BrO3/c1-3-12(2,15)8-16-11-5-4-10(13)6-9(11)7-14/h4-7,15H,3,8H2,1-2H3. The maximum atomic E-state index is 10.8. The van der Waals surface area contributed by atoms with Crippen LogP contribution in [0, 0.1) is 0 Å². The minimum Gasteiger partial charge on any atom is -0.490 e. The van der Waals surface area contributed by atoms with Crippen LogP contribution in [0.4, 0.5) is 0 Å². The topological polar surface area (TPSA) is 46.5 Å². The molecule has 4 heteroatoms. The van der Waals surface area contributed by atoms with Crippen molar-refractivity contribution in [3.05, 3.63) is 28.2 Å². The average molecular weight is 287 g/mol. The van der Waals surface area contributed by atoms with Gasteiger partial charge >= 0.3 is 0 Å². The molecular weight excluding hydrogens is 272 g/mol. The van der Waals surface area contributed by atoms with E-state index in [1.165, 1.54) is 0 Å². The molecule has 0 saturated heterocycles. The molecule has 1 rings (SSSR count). The van der Waals surface area contributed by atoms with Gasteiger partial charge in [0.25, 0.3) is 0 Å². The summed E-state index contributed by atoms with van der Waals surface area (Å²) in [5.74, 6) is 0.493. The fourth-order valence-corrected chi connectivity index (χ4v) is 1.46. The minimum absolute atomic E-state index is 0.173. The molecule has 1 aromatic rings. The highest BCUT2D eigenvalue weighted by Gasteiger charge is 2.19. The Morgan fingerprint density at radius 3 is 2.81 bits per heavy atom. The third-order valence-corrected chi connectivity index (χ3v) is 2.89. The molecule has 0 fully saturated rings. The summed E-state index contributed by atoms with van der Waals surface area (Å²) in [4.78, 5) is 10.8. The molecule has 3 nitrogen and oxygen atoms in total. The van der Waals surface area contributed by atoms with Gasteiger partial charge in [-0.1, -0.05) is 22.9 Å². The highest BCUT2D eigenvalue weighted by molar-refractivity contribution is 9.10. The van der Waals surface area contributed by atoms with Crippen LogP contribution in [-0.2, 0) is 0 Å². The fourth-order valence-electron chi connectivity index (χ4n) is 1.08. The lowest BCUT2D eigenvalue weighted by Crippen LogP contribution is -2.31. The summed E-state index contributed by atoms with van der Waals surface area (Å²) in [6, 6.07) is 5.19. The number of aliphatic hydroxyl groups is 1. The molecule has 0 aliphatic heterocycles. The van der Waals surface area contributed by atoms with Gasteiger partial charge in [-0.2, -0.15) is 0 Å². The van der Waals surface area contributed by atoms with Crippen molar-refractivity contribution in [1.29, 1.82) is 0 Å². The fraction of sp³-hybridized carbons (Fsp3) is 0.417. The Morgan fingerprint density at radius 2 is 2.25 bits per heavy atom. The van der Waals surface area contributed by atoms with E-state index in [0.29, 0.717) is 17.7 Å². The smallest absolute Gasteiger partial charge is 0.153 e. The van der Waals surface area contributed by atoms with E-state index in [2.05, 4.69) is 15.9 Å². The number of rotatable bonds is 5. The highest BCUT2D eigenvalue weighted by Crippen LogP contribution is 2.23. The van der Waals surface area contributed by atoms with Gasteiger partial charge in [-0.05, 0) is 31.5 Å². The minimum atomic E-state index is -0.868. The van der Waals surface area contributed by atoms with Crippen molar-refractivity contribution in [3.63, 3.8) is 0 Å². The summed E-state index contributed by atoms with van der Waals surface area (Å²) in [6.45, 7) is 3.75. The molecule has 0 radical (unpaired) electrons. The van der Waals surface area contributed by atoms with Crippen LogP contribution in [0.5, 0.6) is 5.75 Å². The first-order valence-electron chi connectivity index (χ1n) is 5.08. The number of halogens is 1. The van der Waals surface area contributed by atoms with E-state index in [9.17, 15) is 9.90 Å². The van der Waals surface area contributed by atoms with E-state index in [1.807, 2.05) is 6.92 Å². The molecular formula is C12H15BrO3. The van der Waals surface area contributed by atoms with Crippen LogP contribution in [0.3, 0.4) is 0 Å². The highest BCUT2D eigenvalue weighted by atomic mass is 79.9. The number of aldehydes is 1. The van der Waals surface area contributed by atoms with Gasteiger partial charge in [-0.15, -0.1) is 0 Å². The van der Waals surface area contributed by atoms with Crippen molar-refractivity contribution >= 4 is 22.2 Å². The monoisotopic (exact) mass is 286 g/mol. The van der Waals surface area contributed by atoms with Crippen LogP contribution in [0.2, 0.25) is 0 Å². The average Bonchev–Trinajstić information content (AvgIpc) is 2.27. The maximum Gasteiger partial charge on any atom is 0.153 e. The lowest BCUT2D eigenvalue weighted by atomic mass is 10.1. The molecule has 1 N–H and O–H groups in total. The molecule has 0 aromatic heterocycles. The predicted octanol–water partition coefficient (Wildman–Crippen LogP) is 2.80. The van der Waals surface area contributed by atoms with Crippen LogP contribution in [0.1, 0.15) is 30.6 Å². The molecule has 1 unspecified atom stereocenters. The lowest BCUT2D eigenvalue weighted by Gasteiger charge is -2.21. The van der Waals surface area contributed by atoms with Crippen molar-refractivity contribution in [1.82, 2.24) is 0 Å². The third-order valence-electron chi connectivity index (χ3n) is 2.40. The van der Waals surface area contributed by atoms with Crippen LogP contribution < -0.4 is 4.74 Å². The number of ether oxygens (including phenoxy) is 1. The maximum absolute atomic E-state index is 10.8. The summed E-state index contributed by atoms with van der Waals surface area (Å²) in [7, 11) is 0. The summed E-state index contributed by atoms with van der Waals surface area (Å²) in [5.41, 5.74) is -0.394. The van der Waals surface area contributed by atoms with Gasteiger partial charge in [0.2, 0.25) is 0 Å². The molecule has 88 valence electrons. The van der Waals surface area contributed by atoms with Gasteiger partial charge < -0.3 is 9.84 Å². The van der Waals surface area contributed by atoms with E-state index in [4.69, 9.17) is 4.74 Å². The summed E-state index contributed by atoms with van der Waals surface area (Å²) < 4.78 is 6.26. The second-order valence-electron chi connectivity index (χ2n) is 3.94. The summed E-state index contributed by atoms with van der Waals surface area (Å²) >= 11 is 3.28. The first-order valence-corrected chi connectivity index (χ1v) is 5.88. The normalized spacial score (nSPS) is 14.2. The van der Waals surface area contributed by atoms with Crippen molar-refractivity contribution < 1.29 is 14.6 Å². The van der Waals surface area contributed by atoms with Crippen LogP contribution in [0.15, 0.2) is 22.7 Å². The number of carbonyl (C=O) groups is 1. The number of hydrogen-bond acceptors (Lipinski definition) is 3. The van der Waals surface area contributed by atoms with Crippen molar-refractivity contribution in [3.8, 4) is 5.75 Å². The van der Waals surface area contributed by atoms with Crippen LogP contribution >= 0.6 is 15.9 Å². The molecule has 1 atom stereocenters. The van der Waals surface area contributed by atoms with Gasteiger partial charge in [-0.3, -0.25) is 4.79 Å². The molecule has 16 heavy (non-hydrogen) atoms. The first kappa shape index (κ1) is 13.2. The zero-order chi connectivity index (χ0) is 12.2. The van der Waals surface area contributed by atoms with Crippen molar-refractivity contribution in [2.24, 2.45) is 0 Å². The van der Waals surface area contributed by atoms with E-state index in [1.54, 1.807) is 25.1 Å². The first-order chi connectivity index (χ1) is 7.48. The molecule has 0 spiro atoms. The van der Waals surface area contributed by atoms with E-state index in [-0.39, 0.29) is 6.61 Å². The molecule has 0 amide bonds. The third kappa shape index (κ3) is 3.61. The van der Waals surface area contributed by atoms with Gasteiger partial charge in [0, 0.05) is 4.47 Å². The number of benzene rings is 1. The Labute approximate surface area is 104 Å². The Balaban J connectivity index is 2.78. The quantitative estimate of drug-likeness (QED) is 0.847. The van der Waals surface area contributed by atoms with Gasteiger partial charge in [0.1, 0.15) is 12.4 Å². The van der Waals surface area contributed by atoms with Crippen molar-refractivity contribution in [2.45, 2.75) is 25.9 Å². The molecule has 0 heterocycles. The molecule has 0 aliphatic carbocycles. The summed E-state index contributed by atoms with van der Waals surface area (Å²) in [5, 5.41) is 9.78. The van der Waals surface area contributed by atoms with Gasteiger partial charge in [-0.25, -0.2) is 0 Å². The SMILES string of the molecule is CCC(C)(O)COc1ccc(Br)cc1C=O. The Bertz CT molecular complexity index is 375. The van der Waals surface area contributed by atoms with Crippen molar-refractivity contribution in [2.75, 3.05) is 6.61 Å². The molecule has 0 saturated carbocycles. The Kier molecular flexibility index (Phi) is 4.50. The number of carbonyl (C=O) groups excluding carboxylic acids is 1. The van der Waals surface area contributed by atoms with E-state index < -0.39 is 5.60 Å². The summed E-state index contributed by atoms with van der Waals surface area (Å²) in [6.07, 6.45) is 1.33. The van der Waals surface area contributed by atoms with Gasteiger partial charge in [0.15, 0.2) is 6.29 Å².